The fraction of sp³-hybridized carbons (Fsp3) is 0.429. The van der Waals surface area contributed by atoms with Crippen LogP contribution >= 0.6 is 0 Å². The summed E-state index contributed by atoms with van der Waals surface area (Å²) in [7, 11) is 0. The second-order valence-electron chi connectivity index (χ2n) is 7.15. The van der Waals surface area contributed by atoms with Crippen LogP contribution in [-0.4, -0.2) is 41.3 Å². The normalized spacial score (nSPS) is 16.4. The zero-order chi connectivity index (χ0) is 22.4. The molecule has 1 heterocycles. The van der Waals surface area contributed by atoms with Gasteiger partial charge in [0.1, 0.15) is 0 Å². The summed E-state index contributed by atoms with van der Waals surface area (Å²) in [6.07, 6.45) is -0.125. The van der Waals surface area contributed by atoms with Gasteiger partial charge in [0.05, 0.1) is 34.7 Å². The van der Waals surface area contributed by atoms with Crippen molar-refractivity contribution >= 4 is 17.6 Å². The second kappa shape index (κ2) is 10.0. The summed E-state index contributed by atoms with van der Waals surface area (Å²) < 4.78 is 10.6. The number of allylic oxidation sites excluding steroid dienone is 2. The number of carbonyl (C=O) groups is 2. The highest BCUT2D eigenvalue weighted by Crippen LogP contribution is 2.40. The van der Waals surface area contributed by atoms with Crippen LogP contribution in [0.2, 0.25) is 0 Å². The molecule has 30 heavy (non-hydrogen) atoms. The van der Waals surface area contributed by atoms with Crippen molar-refractivity contribution in [3.05, 3.63) is 62.5 Å². The molecule has 0 radical (unpaired) electrons. The lowest BCUT2D eigenvalue weighted by molar-refractivity contribution is -0.384. The van der Waals surface area contributed by atoms with Crippen LogP contribution in [0.5, 0.6) is 0 Å². The second-order valence-corrected chi connectivity index (χ2v) is 7.15. The van der Waals surface area contributed by atoms with Crippen LogP contribution in [0.15, 0.2) is 46.8 Å². The Balaban J connectivity index is 2.60. The fourth-order valence-corrected chi connectivity index (χ4v) is 3.27. The number of carbonyl (C=O) groups excluding carboxylic acids is 2. The molecule has 0 saturated heterocycles. The van der Waals surface area contributed by atoms with Gasteiger partial charge in [-0.15, -0.1) is 0 Å². The number of non-ortho nitro benzene ring substituents is 1. The topological polar surface area (TPSA) is 128 Å². The largest absolute Gasteiger partial charge is 0.462 e. The van der Waals surface area contributed by atoms with Crippen LogP contribution in [0, 0.1) is 10.1 Å². The van der Waals surface area contributed by atoms with Crippen LogP contribution in [0.1, 0.15) is 45.6 Å². The summed E-state index contributed by atoms with van der Waals surface area (Å²) >= 11 is 0. The van der Waals surface area contributed by atoms with E-state index in [1.165, 1.54) is 18.2 Å². The SMILES string of the molecule is CC1=C(C(=O)OCCCO)C(c2cccc([N+](=O)[O-])c2)C(C(=O)OC(C)C)=C(C)N1. The number of rotatable bonds is 8. The highest BCUT2D eigenvalue weighted by Gasteiger charge is 2.38. The molecule has 1 aromatic carbocycles. The molecule has 0 saturated carbocycles. The number of dihydropyridines is 1. The number of nitrogens with zero attached hydrogens (tertiary/aromatic N) is 1. The highest BCUT2D eigenvalue weighted by molar-refractivity contribution is 6.00. The molecule has 1 atom stereocenters. The molecule has 0 aliphatic carbocycles. The Hall–Kier alpha value is -3.20. The van der Waals surface area contributed by atoms with Crippen molar-refractivity contribution in [1.82, 2.24) is 5.32 Å². The molecule has 0 fully saturated rings. The van der Waals surface area contributed by atoms with Crippen LogP contribution in [0.25, 0.3) is 0 Å². The van der Waals surface area contributed by atoms with Gasteiger partial charge in [0, 0.05) is 36.6 Å². The number of nitro groups is 1. The van der Waals surface area contributed by atoms with E-state index in [2.05, 4.69) is 5.32 Å². The maximum absolute atomic E-state index is 12.9. The average Bonchev–Trinajstić information content (AvgIpc) is 2.66. The van der Waals surface area contributed by atoms with E-state index in [0.29, 0.717) is 17.0 Å². The number of aliphatic hydroxyl groups excluding tert-OH is 1. The number of benzene rings is 1. The number of aliphatic hydroxyl groups is 1. The Morgan fingerprint density at radius 2 is 1.83 bits per heavy atom. The predicted octanol–water partition coefficient (Wildman–Crippen LogP) is 2.71. The Kier molecular flexibility index (Phi) is 7.71. The molecular weight excluding hydrogens is 392 g/mol. The van der Waals surface area contributed by atoms with Gasteiger partial charge in [0.25, 0.3) is 5.69 Å². The van der Waals surface area contributed by atoms with Gasteiger partial charge in [0.15, 0.2) is 0 Å². The van der Waals surface area contributed by atoms with Crippen LogP contribution in [0.4, 0.5) is 5.69 Å². The molecule has 0 amide bonds. The number of nitrogens with one attached hydrogen (secondary N) is 1. The highest BCUT2D eigenvalue weighted by atomic mass is 16.6. The van der Waals surface area contributed by atoms with Gasteiger partial charge in [-0.05, 0) is 33.3 Å². The lowest BCUT2D eigenvalue weighted by atomic mass is 9.80. The van der Waals surface area contributed by atoms with Gasteiger partial charge in [-0.3, -0.25) is 10.1 Å². The number of hydrogen-bond acceptors (Lipinski definition) is 8. The van der Waals surface area contributed by atoms with Gasteiger partial charge in [0.2, 0.25) is 0 Å². The van der Waals surface area contributed by atoms with E-state index in [-0.39, 0.29) is 36.5 Å². The van der Waals surface area contributed by atoms with E-state index in [0.717, 1.165) is 0 Å². The molecule has 9 heteroatoms. The first-order valence-corrected chi connectivity index (χ1v) is 9.59. The van der Waals surface area contributed by atoms with Gasteiger partial charge >= 0.3 is 11.9 Å². The summed E-state index contributed by atoms with van der Waals surface area (Å²) in [5.41, 5.74) is 1.54. The predicted molar refractivity (Wildman–Crippen MR) is 108 cm³/mol. The molecule has 2 N–H and O–H groups in total. The zero-order valence-electron chi connectivity index (χ0n) is 17.4. The summed E-state index contributed by atoms with van der Waals surface area (Å²) in [4.78, 5) is 36.5. The van der Waals surface area contributed by atoms with Crippen molar-refractivity contribution < 1.29 is 29.1 Å². The van der Waals surface area contributed by atoms with Crippen molar-refractivity contribution in [2.45, 2.75) is 46.1 Å². The Labute approximate surface area is 174 Å². The van der Waals surface area contributed by atoms with Gasteiger partial charge in [-0.1, -0.05) is 12.1 Å². The van der Waals surface area contributed by atoms with Crippen LogP contribution in [-0.2, 0) is 19.1 Å². The molecule has 1 aliphatic rings. The molecule has 162 valence electrons. The molecule has 0 spiro atoms. The van der Waals surface area contributed by atoms with Crippen molar-refractivity contribution in [3.8, 4) is 0 Å². The molecule has 1 aromatic rings. The molecule has 0 aromatic heterocycles. The average molecular weight is 418 g/mol. The molecule has 2 rings (SSSR count). The van der Waals surface area contributed by atoms with Crippen molar-refractivity contribution in [3.63, 3.8) is 0 Å². The molecule has 0 bridgehead atoms. The van der Waals surface area contributed by atoms with E-state index >= 15 is 0 Å². The minimum absolute atomic E-state index is 0.00222. The first-order valence-electron chi connectivity index (χ1n) is 9.59. The molecule has 1 unspecified atom stereocenters. The quantitative estimate of drug-likeness (QED) is 0.285. The van der Waals surface area contributed by atoms with Crippen molar-refractivity contribution in [2.75, 3.05) is 13.2 Å². The third kappa shape index (κ3) is 5.24. The van der Waals surface area contributed by atoms with Gasteiger partial charge in [-0.2, -0.15) is 0 Å². The maximum atomic E-state index is 12.9. The van der Waals surface area contributed by atoms with Gasteiger partial charge < -0.3 is 19.9 Å². The lowest BCUT2D eigenvalue weighted by Crippen LogP contribution is -2.33. The van der Waals surface area contributed by atoms with E-state index in [1.807, 2.05) is 0 Å². The number of esters is 2. The summed E-state index contributed by atoms with van der Waals surface area (Å²) in [6, 6.07) is 5.79. The Bertz CT molecular complexity index is 902. The monoisotopic (exact) mass is 418 g/mol. The van der Waals surface area contributed by atoms with Gasteiger partial charge in [-0.25, -0.2) is 9.59 Å². The first-order chi connectivity index (χ1) is 14.2. The summed E-state index contributed by atoms with van der Waals surface area (Å²) in [5.74, 6) is -2.20. The first kappa shape index (κ1) is 23.1. The Morgan fingerprint density at radius 3 is 2.40 bits per heavy atom. The van der Waals surface area contributed by atoms with E-state index in [9.17, 15) is 19.7 Å². The van der Waals surface area contributed by atoms with Crippen molar-refractivity contribution in [2.24, 2.45) is 0 Å². The standard InChI is InChI=1S/C21H26N2O7/c1-12(2)30-21(26)18-14(4)22-13(3)17(20(25)29-10-6-9-24)19(18)15-7-5-8-16(11-15)23(27)28/h5,7-8,11-12,19,22,24H,6,9-10H2,1-4H3. The van der Waals surface area contributed by atoms with E-state index in [1.54, 1.807) is 33.8 Å². The fourth-order valence-electron chi connectivity index (χ4n) is 3.27. The minimum atomic E-state index is -0.904. The lowest BCUT2D eigenvalue weighted by Gasteiger charge is -2.30. The zero-order valence-corrected chi connectivity index (χ0v) is 17.4. The van der Waals surface area contributed by atoms with E-state index in [4.69, 9.17) is 14.6 Å². The molecular formula is C21H26N2O7. The number of hydrogen-bond donors (Lipinski definition) is 2. The Morgan fingerprint density at radius 1 is 1.20 bits per heavy atom. The van der Waals surface area contributed by atoms with Crippen LogP contribution < -0.4 is 5.32 Å². The molecule has 1 aliphatic heterocycles. The molecule has 9 nitrogen and oxygen atoms in total. The van der Waals surface area contributed by atoms with Crippen molar-refractivity contribution in [1.29, 1.82) is 0 Å². The third-order valence-electron chi connectivity index (χ3n) is 4.49. The number of ether oxygens (including phenoxy) is 2. The summed E-state index contributed by atoms with van der Waals surface area (Å²) in [6.45, 7) is 6.62. The number of nitro benzene ring substituents is 1. The maximum Gasteiger partial charge on any atom is 0.337 e. The van der Waals surface area contributed by atoms with Crippen LogP contribution in [0.3, 0.4) is 0 Å². The van der Waals surface area contributed by atoms with E-state index < -0.39 is 28.9 Å². The summed E-state index contributed by atoms with van der Waals surface area (Å²) in [5, 5.41) is 23.2. The third-order valence-corrected chi connectivity index (χ3v) is 4.49. The smallest absolute Gasteiger partial charge is 0.337 e. The minimum Gasteiger partial charge on any atom is -0.462 e.